The molecule has 0 saturated heterocycles. The Balaban J connectivity index is 1.61. The fraction of sp³-hybridized carbons (Fsp3) is 0.250. The highest BCUT2D eigenvalue weighted by atomic mass is 79.9. The summed E-state index contributed by atoms with van der Waals surface area (Å²) in [4.78, 5) is 16.2. The molecule has 1 N–H and O–H groups in total. The zero-order valence-corrected chi connectivity index (χ0v) is 15.3. The van der Waals surface area contributed by atoms with Crippen molar-refractivity contribution in [3.05, 3.63) is 57.8 Å². The summed E-state index contributed by atoms with van der Waals surface area (Å²) in [6, 6.07) is 6.13. The van der Waals surface area contributed by atoms with Crippen molar-refractivity contribution in [1.82, 2.24) is 24.5 Å². The summed E-state index contributed by atoms with van der Waals surface area (Å²) in [7, 11) is 0. The molecular formula is C16H16BrFN6O. The van der Waals surface area contributed by atoms with Gasteiger partial charge in [0.1, 0.15) is 18.7 Å². The van der Waals surface area contributed by atoms with E-state index in [0.717, 1.165) is 21.4 Å². The predicted octanol–water partition coefficient (Wildman–Crippen LogP) is 2.68. The van der Waals surface area contributed by atoms with Gasteiger partial charge in [-0.05, 0) is 47.5 Å². The number of carbonyl (C=O) groups excluding carboxylic acids is 1. The summed E-state index contributed by atoms with van der Waals surface area (Å²) in [5.41, 5.74) is 2.59. The van der Waals surface area contributed by atoms with Gasteiger partial charge in [-0.1, -0.05) is 12.1 Å². The topological polar surface area (TPSA) is 77.6 Å². The van der Waals surface area contributed by atoms with Crippen molar-refractivity contribution >= 4 is 27.8 Å². The molecule has 0 spiro atoms. The summed E-state index contributed by atoms with van der Waals surface area (Å²) >= 11 is 3.43. The SMILES string of the molecule is Cc1nn(CC(=O)Nc2ncn(Cc3ccc(F)cc3)n2)c(C)c1Br. The Bertz CT molecular complexity index is 902. The number of nitrogens with one attached hydrogen (secondary N) is 1. The monoisotopic (exact) mass is 406 g/mol. The molecule has 0 unspecified atom stereocenters. The minimum absolute atomic E-state index is 0.0742. The highest BCUT2D eigenvalue weighted by molar-refractivity contribution is 9.10. The standard InChI is InChI=1S/C16H16BrFN6O/c1-10-15(17)11(2)24(21-10)8-14(25)20-16-19-9-23(22-16)7-12-3-5-13(18)6-4-12/h3-6,9H,7-8H2,1-2H3,(H,20,22,25). The lowest BCUT2D eigenvalue weighted by molar-refractivity contribution is -0.117. The number of aryl methyl sites for hydroxylation is 1. The molecule has 3 aromatic rings. The highest BCUT2D eigenvalue weighted by Crippen LogP contribution is 2.19. The van der Waals surface area contributed by atoms with Crippen molar-refractivity contribution in [3.63, 3.8) is 0 Å². The van der Waals surface area contributed by atoms with Crippen LogP contribution in [0.15, 0.2) is 35.1 Å². The van der Waals surface area contributed by atoms with E-state index in [1.165, 1.54) is 18.5 Å². The first-order valence-corrected chi connectivity index (χ1v) is 8.35. The van der Waals surface area contributed by atoms with Gasteiger partial charge in [0, 0.05) is 0 Å². The fourth-order valence-corrected chi connectivity index (χ4v) is 2.62. The van der Waals surface area contributed by atoms with Gasteiger partial charge in [-0.25, -0.2) is 14.1 Å². The molecular weight excluding hydrogens is 391 g/mol. The smallest absolute Gasteiger partial charge is 0.248 e. The van der Waals surface area contributed by atoms with Crippen LogP contribution in [0.4, 0.5) is 10.3 Å². The summed E-state index contributed by atoms with van der Waals surface area (Å²) in [5, 5.41) is 11.1. The minimum atomic E-state index is -0.286. The van der Waals surface area contributed by atoms with Crippen LogP contribution in [0.2, 0.25) is 0 Å². The first kappa shape index (κ1) is 17.3. The van der Waals surface area contributed by atoms with Gasteiger partial charge in [0.25, 0.3) is 0 Å². The number of benzene rings is 1. The van der Waals surface area contributed by atoms with Crippen LogP contribution in [0.1, 0.15) is 17.0 Å². The molecule has 0 radical (unpaired) electrons. The first-order chi connectivity index (χ1) is 11.9. The molecule has 0 fully saturated rings. The number of rotatable bonds is 5. The van der Waals surface area contributed by atoms with Gasteiger partial charge in [-0.3, -0.25) is 14.8 Å². The molecule has 0 aliphatic rings. The molecule has 7 nitrogen and oxygen atoms in total. The van der Waals surface area contributed by atoms with Crippen LogP contribution in [0.5, 0.6) is 0 Å². The summed E-state index contributed by atoms with van der Waals surface area (Å²) in [6.45, 7) is 4.26. The lowest BCUT2D eigenvalue weighted by atomic mass is 10.2. The zero-order chi connectivity index (χ0) is 18.0. The van der Waals surface area contributed by atoms with Gasteiger partial charge in [0.15, 0.2) is 0 Å². The van der Waals surface area contributed by atoms with Crippen molar-refractivity contribution in [2.24, 2.45) is 0 Å². The lowest BCUT2D eigenvalue weighted by Gasteiger charge is -2.04. The van der Waals surface area contributed by atoms with Gasteiger partial charge in [-0.15, -0.1) is 5.10 Å². The Morgan fingerprint density at radius 2 is 1.96 bits per heavy atom. The van der Waals surface area contributed by atoms with Crippen LogP contribution in [0.25, 0.3) is 0 Å². The Labute approximate surface area is 152 Å². The molecule has 1 aromatic carbocycles. The average Bonchev–Trinajstić information content (AvgIpc) is 3.10. The van der Waals surface area contributed by atoms with E-state index in [2.05, 4.69) is 36.4 Å². The Morgan fingerprint density at radius 1 is 1.24 bits per heavy atom. The maximum absolute atomic E-state index is 12.9. The molecule has 0 aliphatic carbocycles. The fourth-order valence-electron chi connectivity index (χ4n) is 2.33. The predicted molar refractivity (Wildman–Crippen MR) is 93.6 cm³/mol. The van der Waals surface area contributed by atoms with E-state index in [0.29, 0.717) is 6.54 Å². The third-order valence-corrected chi connectivity index (χ3v) is 4.78. The number of amides is 1. The maximum Gasteiger partial charge on any atom is 0.248 e. The number of aromatic nitrogens is 5. The molecule has 2 aromatic heterocycles. The van der Waals surface area contributed by atoms with Gasteiger partial charge >= 0.3 is 0 Å². The zero-order valence-electron chi connectivity index (χ0n) is 13.7. The van der Waals surface area contributed by atoms with Crippen LogP contribution in [-0.2, 0) is 17.9 Å². The molecule has 0 bridgehead atoms. The maximum atomic E-state index is 12.9. The quantitative estimate of drug-likeness (QED) is 0.706. The number of hydrogen-bond acceptors (Lipinski definition) is 4. The third-order valence-electron chi connectivity index (χ3n) is 3.63. The third kappa shape index (κ3) is 4.11. The van der Waals surface area contributed by atoms with Gasteiger partial charge < -0.3 is 0 Å². The van der Waals surface area contributed by atoms with Crippen LogP contribution in [0, 0.1) is 19.7 Å². The second-order valence-corrected chi connectivity index (χ2v) is 6.38. The van der Waals surface area contributed by atoms with Gasteiger partial charge in [0.05, 0.1) is 22.4 Å². The van der Waals surface area contributed by atoms with Crippen LogP contribution >= 0.6 is 15.9 Å². The molecule has 25 heavy (non-hydrogen) atoms. The largest absolute Gasteiger partial charge is 0.292 e. The van der Waals surface area contributed by atoms with Crippen molar-refractivity contribution in [3.8, 4) is 0 Å². The Morgan fingerprint density at radius 3 is 2.60 bits per heavy atom. The van der Waals surface area contributed by atoms with Crippen molar-refractivity contribution < 1.29 is 9.18 Å². The average molecular weight is 407 g/mol. The highest BCUT2D eigenvalue weighted by Gasteiger charge is 2.13. The number of hydrogen-bond donors (Lipinski definition) is 1. The van der Waals surface area contributed by atoms with Crippen molar-refractivity contribution in [2.45, 2.75) is 26.9 Å². The Kier molecular flexibility index (Phi) is 4.93. The summed E-state index contributed by atoms with van der Waals surface area (Å²) < 4.78 is 17.0. The molecule has 130 valence electrons. The van der Waals surface area contributed by atoms with Gasteiger partial charge in [-0.2, -0.15) is 5.10 Å². The van der Waals surface area contributed by atoms with Gasteiger partial charge in [0.2, 0.25) is 11.9 Å². The molecule has 2 heterocycles. The van der Waals surface area contributed by atoms with Crippen molar-refractivity contribution in [2.75, 3.05) is 5.32 Å². The lowest BCUT2D eigenvalue weighted by Crippen LogP contribution is -2.21. The number of carbonyl (C=O) groups is 1. The van der Waals surface area contributed by atoms with E-state index in [1.807, 2.05) is 13.8 Å². The normalized spacial score (nSPS) is 10.9. The molecule has 0 atom stereocenters. The van der Waals surface area contributed by atoms with E-state index in [4.69, 9.17) is 0 Å². The molecule has 3 rings (SSSR count). The van der Waals surface area contributed by atoms with Crippen LogP contribution < -0.4 is 5.32 Å². The second-order valence-electron chi connectivity index (χ2n) is 5.58. The van der Waals surface area contributed by atoms with E-state index in [9.17, 15) is 9.18 Å². The van der Waals surface area contributed by atoms with E-state index >= 15 is 0 Å². The molecule has 0 saturated carbocycles. The summed E-state index contributed by atoms with van der Waals surface area (Å²) in [5.74, 6) is -0.337. The number of nitrogens with zero attached hydrogens (tertiary/aromatic N) is 5. The molecule has 9 heteroatoms. The van der Waals surface area contributed by atoms with E-state index < -0.39 is 0 Å². The number of halogens is 2. The number of anilines is 1. The van der Waals surface area contributed by atoms with E-state index in [1.54, 1.807) is 21.5 Å². The van der Waals surface area contributed by atoms with Crippen LogP contribution in [-0.4, -0.2) is 30.5 Å². The van der Waals surface area contributed by atoms with E-state index in [-0.39, 0.29) is 24.2 Å². The summed E-state index contributed by atoms with van der Waals surface area (Å²) in [6.07, 6.45) is 1.51. The molecule has 1 amide bonds. The van der Waals surface area contributed by atoms with Crippen molar-refractivity contribution in [1.29, 1.82) is 0 Å². The molecule has 0 aliphatic heterocycles. The van der Waals surface area contributed by atoms with Crippen LogP contribution in [0.3, 0.4) is 0 Å². The second kappa shape index (κ2) is 7.14. The first-order valence-electron chi connectivity index (χ1n) is 7.55. The Hall–Kier alpha value is -2.55. The minimum Gasteiger partial charge on any atom is -0.292 e.